The van der Waals surface area contributed by atoms with Crippen LogP contribution >= 0.6 is 8.58 Å². The molecule has 1 aromatic rings. The van der Waals surface area contributed by atoms with Gasteiger partial charge in [-0.1, -0.05) is 14.6 Å². The van der Waals surface area contributed by atoms with Gasteiger partial charge in [0.25, 0.3) is 0 Å². The maximum Gasteiger partial charge on any atom is 0.0446 e. The van der Waals surface area contributed by atoms with Crippen molar-refractivity contribution in [3.63, 3.8) is 0 Å². The zero-order chi connectivity index (χ0) is 6.69. The first kappa shape index (κ1) is 6.70. The van der Waals surface area contributed by atoms with Crippen molar-refractivity contribution in [3.05, 3.63) is 24.0 Å². The molecule has 0 aliphatic heterocycles. The summed E-state index contributed by atoms with van der Waals surface area (Å²) >= 11 is 0. The molecule has 9 heavy (non-hydrogen) atoms. The third kappa shape index (κ3) is 1.49. The van der Waals surface area contributed by atoms with Crippen LogP contribution in [0.2, 0.25) is 0 Å². The first-order valence-electron chi connectivity index (χ1n) is 2.94. The van der Waals surface area contributed by atoms with E-state index in [2.05, 4.69) is 17.7 Å². The Hall–Kier alpha value is -0.420. The van der Waals surface area contributed by atoms with Gasteiger partial charge in [-0.15, -0.1) is 0 Å². The molecule has 1 heterocycles. The van der Waals surface area contributed by atoms with Crippen LogP contribution < -0.4 is 5.30 Å². The van der Waals surface area contributed by atoms with E-state index in [1.807, 2.05) is 19.2 Å². The lowest BCUT2D eigenvalue weighted by molar-refractivity contribution is 1.22. The van der Waals surface area contributed by atoms with Gasteiger partial charge in [0.05, 0.1) is 0 Å². The van der Waals surface area contributed by atoms with E-state index in [4.69, 9.17) is 0 Å². The number of aryl methyl sites for hydroxylation is 1. The summed E-state index contributed by atoms with van der Waals surface area (Å²) in [7, 11) is 0.866. The number of aromatic nitrogens is 1. The summed E-state index contributed by atoms with van der Waals surface area (Å²) in [4.78, 5) is 4.16. The van der Waals surface area contributed by atoms with Gasteiger partial charge in [0.2, 0.25) is 0 Å². The molecule has 2 heteroatoms. The van der Waals surface area contributed by atoms with Crippen LogP contribution in [0.3, 0.4) is 0 Å². The molecular formula is C7H10NP. The van der Waals surface area contributed by atoms with Crippen molar-refractivity contribution in [2.75, 3.05) is 6.66 Å². The number of nitrogens with zero attached hydrogens (tertiary/aromatic N) is 1. The van der Waals surface area contributed by atoms with Crippen molar-refractivity contribution in [2.24, 2.45) is 0 Å². The minimum atomic E-state index is 0.866. The quantitative estimate of drug-likeness (QED) is 0.535. The molecule has 0 fully saturated rings. The van der Waals surface area contributed by atoms with Gasteiger partial charge in [0.1, 0.15) is 0 Å². The van der Waals surface area contributed by atoms with E-state index in [0.717, 1.165) is 8.58 Å². The molecule has 0 saturated heterocycles. The fourth-order valence-electron chi connectivity index (χ4n) is 0.748. The van der Waals surface area contributed by atoms with Gasteiger partial charge in [-0.05, 0) is 25.0 Å². The summed E-state index contributed by atoms with van der Waals surface area (Å²) in [6.07, 6.45) is 1.83. The number of pyridine rings is 1. The van der Waals surface area contributed by atoms with Crippen LogP contribution in [0.1, 0.15) is 5.69 Å². The molecule has 1 atom stereocenters. The first-order chi connectivity index (χ1) is 4.34. The van der Waals surface area contributed by atoms with Gasteiger partial charge in [0.15, 0.2) is 0 Å². The average Bonchev–Trinajstić information content (AvgIpc) is 1.89. The highest BCUT2D eigenvalue weighted by Gasteiger charge is 1.91. The predicted octanol–water partition coefficient (Wildman–Crippen LogP) is 1.32. The molecule has 48 valence electrons. The lowest BCUT2D eigenvalue weighted by atomic mass is 10.4. The van der Waals surface area contributed by atoms with Gasteiger partial charge in [0, 0.05) is 11.9 Å². The summed E-state index contributed by atoms with van der Waals surface area (Å²) in [5, 5.41) is 1.37. The Morgan fingerprint density at radius 1 is 1.56 bits per heavy atom. The summed E-state index contributed by atoms with van der Waals surface area (Å²) in [5.74, 6) is 0. The molecule has 0 spiro atoms. The van der Waals surface area contributed by atoms with Crippen molar-refractivity contribution >= 4 is 13.9 Å². The lowest BCUT2D eigenvalue weighted by Crippen LogP contribution is -2.00. The van der Waals surface area contributed by atoms with Crippen molar-refractivity contribution in [2.45, 2.75) is 6.92 Å². The van der Waals surface area contributed by atoms with Crippen molar-refractivity contribution < 1.29 is 0 Å². The van der Waals surface area contributed by atoms with E-state index < -0.39 is 0 Å². The SMILES string of the molecule is CPc1cccnc1C. The Kier molecular flexibility index (Phi) is 2.18. The standard InChI is InChI=1S/C7H10NP/c1-6-7(9-2)4-3-5-8-6/h3-5,9H,1-2H3. The minimum Gasteiger partial charge on any atom is -0.261 e. The number of rotatable bonds is 1. The summed E-state index contributed by atoms with van der Waals surface area (Å²) in [6.45, 7) is 4.22. The Morgan fingerprint density at radius 3 is 2.78 bits per heavy atom. The number of hydrogen-bond donors (Lipinski definition) is 0. The fourth-order valence-corrected chi connectivity index (χ4v) is 1.44. The van der Waals surface area contributed by atoms with Gasteiger partial charge < -0.3 is 0 Å². The maximum atomic E-state index is 4.16. The van der Waals surface area contributed by atoms with E-state index in [1.165, 1.54) is 11.0 Å². The van der Waals surface area contributed by atoms with Gasteiger partial charge in [-0.2, -0.15) is 0 Å². The first-order valence-corrected chi connectivity index (χ1v) is 4.44. The van der Waals surface area contributed by atoms with Crippen LogP contribution in [0.25, 0.3) is 0 Å². The van der Waals surface area contributed by atoms with Crippen LogP contribution in [0, 0.1) is 6.92 Å². The Bertz CT molecular complexity index is 198. The molecule has 0 amide bonds. The molecule has 0 bridgehead atoms. The molecule has 1 rings (SSSR count). The third-order valence-corrected chi connectivity index (χ3v) is 2.34. The van der Waals surface area contributed by atoms with Crippen LogP contribution in [0.15, 0.2) is 18.3 Å². The van der Waals surface area contributed by atoms with Crippen LogP contribution in [-0.2, 0) is 0 Å². The molecule has 1 unspecified atom stereocenters. The fraction of sp³-hybridized carbons (Fsp3) is 0.286. The highest BCUT2D eigenvalue weighted by atomic mass is 31.1. The third-order valence-electron chi connectivity index (χ3n) is 1.28. The van der Waals surface area contributed by atoms with E-state index in [-0.39, 0.29) is 0 Å². The monoisotopic (exact) mass is 139 g/mol. The average molecular weight is 139 g/mol. The molecule has 1 aromatic heterocycles. The molecular weight excluding hydrogens is 129 g/mol. The van der Waals surface area contributed by atoms with E-state index in [0.29, 0.717) is 0 Å². The summed E-state index contributed by atoms with van der Waals surface area (Å²) in [5.41, 5.74) is 1.17. The van der Waals surface area contributed by atoms with Gasteiger partial charge >= 0.3 is 0 Å². The molecule has 0 radical (unpaired) electrons. The summed E-state index contributed by atoms with van der Waals surface area (Å²) in [6, 6.07) is 4.11. The Labute approximate surface area is 57.3 Å². The van der Waals surface area contributed by atoms with E-state index >= 15 is 0 Å². The Morgan fingerprint density at radius 2 is 2.33 bits per heavy atom. The lowest BCUT2D eigenvalue weighted by Gasteiger charge is -1.97. The number of hydrogen-bond acceptors (Lipinski definition) is 1. The normalized spacial score (nSPS) is 10.9. The van der Waals surface area contributed by atoms with E-state index in [9.17, 15) is 0 Å². The van der Waals surface area contributed by atoms with Crippen LogP contribution in [0.5, 0.6) is 0 Å². The summed E-state index contributed by atoms with van der Waals surface area (Å²) < 4.78 is 0. The Balaban J connectivity index is 3.01. The zero-order valence-corrected chi connectivity index (χ0v) is 6.68. The van der Waals surface area contributed by atoms with E-state index in [1.54, 1.807) is 0 Å². The highest BCUT2D eigenvalue weighted by Crippen LogP contribution is 2.04. The zero-order valence-electron chi connectivity index (χ0n) is 5.68. The smallest absolute Gasteiger partial charge is 0.0446 e. The second-order valence-electron chi connectivity index (χ2n) is 1.89. The second kappa shape index (κ2) is 2.93. The molecule has 0 aromatic carbocycles. The molecule has 0 aliphatic carbocycles. The van der Waals surface area contributed by atoms with Gasteiger partial charge in [-0.3, -0.25) is 4.98 Å². The largest absolute Gasteiger partial charge is 0.261 e. The van der Waals surface area contributed by atoms with Crippen molar-refractivity contribution in [3.8, 4) is 0 Å². The molecule has 0 saturated carbocycles. The maximum absolute atomic E-state index is 4.16. The van der Waals surface area contributed by atoms with Crippen molar-refractivity contribution in [1.82, 2.24) is 4.98 Å². The van der Waals surface area contributed by atoms with Crippen LogP contribution in [0.4, 0.5) is 0 Å². The van der Waals surface area contributed by atoms with Gasteiger partial charge in [-0.25, -0.2) is 0 Å². The predicted molar refractivity (Wildman–Crippen MR) is 42.8 cm³/mol. The molecule has 0 N–H and O–H groups in total. The molecule has 0 aliphatic rings. The minimum absolute atomic E-state index is 0.866. The second-order valence-corrected chi connectivity index (χ2v) is 2.93. The van der Waals surface area contributed by atoms with Crippen molar-refractivity contribution in [1.29, 1.82) is 0 Å². The highest BCUT2D eigenvalue weighted by molar-refractivity contribution is 7.46. The topological polar surface area (TPSA) is 12.9 Å². The van der Waals surface area contributed by atoms with Crippen LogP contribution in [-0.4, -0.2) is 11.6 Å². The molecule has 1 nitrogen and oxygen atoms in total.